The molecule has 77 heavy (non-hydrogen) atoms. The first-order valence-corrected chi connectivity index (χ1v) is 27.8. The molecule has 2 saturated heterocycles. The number of aliphatic hydroxyl groups is 1. The molecule has 6 N–H and O–H groups in total. The number of benzene rings is 3. The first-order chi connectivity index (χ1) is 36.9. The number of carbonyl (C=O) groups is 5. The molecular weight excluding hydrogens is 1020 g/mol. The van der Waals surface area contributed by atoms with Crippen molar-refractivity contribution in [3.8, 4) is 16.2 Å². The van der Waals surface area contributed by atoms with Crippen LogP contribution < -0.4 is 31.3 Å². The second kappa shape index (κ2) is 27.7. The summed E-state index contributed by atoms with van der Waals surface area (Å²) in [6.07, 6.45) is 12.6. The average molecular weight is 1100 g/mol. The van der Waals surface area contributed by atoms with Gasteiger partial charge < -0.3 is 41.3 Å². The van der Waals surface area contributed by atoms with E-state index in [-0.39, 0.29) is 66.5 Å². The van der Waals surface area contributed by atoms with E-state index >= 15 is 0 Å². The third kappa shape index (κ3) is 16.7. The molecule has 20 heteroatoms. The molecule has 3 atom stereocenters. The van der Waals surface area contributed by atoms with E-state index in [2.05, 4.69) is 46.4 Å². The Hall–Kier alpha value is -6.54. The molecule has 2 aromatic heterocycles. The smallest absolute Gasteiger partial charge is 0.248 e. The molecule has 2 aliphatic heterocycles. The van der Waals surface area contributed by atoms with Gasteiger partial charge in [-0.3, -0.25) is 28.9 Å². The van der Waals surface area contributed by atoms with Crippen LogP contribution in [-0.2, 0) is 30.5 Å². The van der Waals surface area contributed by atoms with Crippen LogP contribution in [0.4, 0.5) is 21.6 Å². The average Bonchev–Trinajstić information content (AvgIpc) is 4.04. The van der Waals surface area contributed by atoms with Gasteiger partial charge >= 0.3 is 0 Å². The molecule has 1 unspecified atom stereocenters. The van der Waals surface area contributed by atoms with Gasteiger partial charge in [0.2, 0.25) is 29.5 Å². The molecular formula is C57H72ClFN10O7S. The summed E-state index contributed by atoms with van der Waals surface area (Å²) in [5.74, 6) is -0.880. The maximum atomic E-state index is 14.0. The molecule has 0 radical (unpaired) electrons. The van der Waals surface area contributed by atoms with Crippen LogP contribution in [0, 0.1) is 18.2 Å². The Morgan fingerprint density at radius 1 is 0.922 bits per heavy atom. The number of nitrogens with zero attached hydrogens (tertiary/aromatic N) is 5. The van der Waals surface area contributed by atoms with Gasteiger partial charge in [-0.15, -0.1) is 11.3 Å². The number of hydrogen-bond acceptors (Lipinski definition) is 13. The Labute approximate surface area is 459 Å². The van der Waals surface area contributed by atoms with Crippen molar-refractivity contribution in [2.75, 3.05) is 43.9 Å². The second-order valence-electron chi connectivity index (χ2n) is 21.0. The number of thiazole rings is 1. The number of ether oxygens (including phenoxy) is 1. The maximum Gasteiger partial charge on any atom is 0.248 e. The summed E-state index contributed by atoms with van der Waals surface area (Å²) in [7, 11) is 1.51. The van der Waals surface area contributed by atoms with Crippen LogP contribution in [0.3, 0.4) is 0 Å². The molecule has 7 rings (SSSR count). The number of likely N-dealkylation sites (tertiary alicyclic amines) is 2. The Morgan fingerprint density at radius 2 is 1.62 bits per heavy atom. The molecule has 0 spiro atoms. The SMILES string of the molecule is COc1cc2ncnc(Nc3ccc(F)c(Cl)c3)c2cc1NC(=O)/C=C/CN1CCC(NC(=O)CCCCCCCCCC(=O)NC(C(=O)N2C[C@H](O)C[C@H]2C(=O)NCc2ccc(-c3scnc3C)cc2)C(C)(C)C)CC1. The van der Waals surface area contributed by atoms with E-state index in [1.165, 1.54) is 36.5 Å². The van der Waals surface area contributed by atoms with Crippen molar-refractivity contribution in [3.05, 3.63) is 101 Å². The third-order valence-electron chi connectivity index (χ3n) is 14.0. The van der Waals surface area contributed by atoms with Gasteiger partial charge in [0.1, 0.15) is 35.8 Å². The Balaban J connectivity index is 0.736. The number of rotatable bonds is 24. The van der Waals surface area contributed by atoms with Crippen LogP contribution in [0.15, 0.2) is 78.6 Å². The van der Waals surface area contributed by atoms with E-state index in [1.54, 1.807) is 29.5 Å². The lowest BCUT2D eigenvalue weighted by Crippen LogP contribution is -2.57. The van der Waals surface area contributed by atoms with Gasteiger partial charge in [-0.2, -0.15) is 0 Å². The van der Waals surface area contributed by atoms with Crippen LogP contribution in [-0.4, -0.2) is 117 Å². The Morgan fingerprint density at radius 3 is 2.29 bits per heavy atom. The number of piperidine rings is 1. The summed E-state index contributed by atoms with van der Waals surface area (Å²) >= 11 is 7.55. The maximum absolute atomic E-state index is 14.0. The molecule has 0 bridgehead atoms. The number of nitrogens with one attached hydrogen (secondary N) is 5. The summed E-state index contributed by atoms with van der Waals surface area (Å²) in [5.41, 5.74) is 5.64. The lowest BCUT2D eigenvalue weighted by Gasteiger charge is -2.35. The van der Waals surface area contributed by atoms with E-state index in [1.807, 2.05) is 63.5 Å². The topological polar surface area (TPSA) is 220 Å². The molecule has 17 nitrogen and oxygen atoms in total. The van der Waals surface area contributed by atoms with E-state index in [0.717, 1.165) is 86.2 Å². The van der Waals surface area contributed by atoms with Crippen LogP contribution in [0.2, 0.25) is 5.02 Å². The van der Waals surface area contributed by atoms with Crippen molar-refractivity contribution < 1.29 is 38.2 Å². The number of amides is 5. The van der Waals surface area contributed by atoms with E-state index in [4.69, 9.17) is 16.3 Å². The second-order valence-corrected chi connectivity index (χ2v) is 22.3. The first-order valence-electron chi connectivity index (χ1n) is 26.5. The number of halogens is 2. The minimum atomic E-state index is -0.871. The monoisotopic (exact) mass is 1090 g/mol. The quantitative estimate of drug-likeness (QED) is 0.0252. The van der Waals surface area contributed by atoms with Crippen LogP contribution in [0.1, 0.15) is 109 Å². The van der Waals surface area contributed by atoms with Crippen molar-refractivity contribution in [2.24, 2.45) is 5.41 Å². The van der Waals surface area contributed by atoms with Crippen LogP contribution >= 0.6 is 22.9 Å². The zero-order valence-electron chi connectivity index (χ0n) is 44.6. The summed E-state index contributed by atoms with van der Waals surface area (Å²) < 4.78 is 19.3. The van der Waals surface area contributed by atoms with Crippen LogP contribution in [0.5, 0.6) is 5.75 Å². The molecule has 5 aromatic rings. The van der Waals surface area contributed by atoms with Gasteiger partial charge in [0, 0.05) is 81.2 Å². The number of aryl methyl sites for hydroxylation is 1. The number of aliphatic hydroxyl groups excluding tert-OH is 1. The predicted octanol–water partition coefficient (Wildman–Crippen LogP) is 9.00. The highest BCUT2D eigenvalue weighted by Gasteiger charge is 2.44. The van der Waals surface area contributed by atoms with Crippen molar-refractivity contribution in [1.29, 1.82) is 0 Å². The summed E-state index contributed by atoms with van der Waals surface area (Å²) in [6.45, 7) is 10.1. The third-order valence-corrected chi connectivity index (χ3v) is 15.3. The minimum Gasteiger partial charge on any atom is -0.494 e. The number of carbonyl (C=O) groups excluding carboxylic acids is 5. The number of fused-ring (bicyclic) bond motifs is 1. The molecule has 5 amide bonds. The van der Waals surface area contributed by atoms with Crippen molar-refractivity contribution in [1.82, 2.24) is 40.7 Å². The normalized spacial score (nSPS) is 16.6. The molecule has 412 valence electrons. The van der Waals surface area contributed by atoms with Gasteiger partial charge in [-0.05, 0) is 73.4 Å². The molecule has 3 aromatic carbocycles. The zero-order chi connectivity index (χ0) is 55.1. The van der Waals surface area contributed by atoms with Crippen molar-refractivity contribution in [2.45, 2.75) is 136 Å². The number of β-amino-alcohol motifs (C(OH)–C–C–N with tert-alkyl or cyclic N) is 1. The molecule has 0 saturated carbocycles. The predicted molar refractivity (Wildman–Crippen MR) is 299 cm³/mol. The number of unbranched alkanes of at least 4 members (excludes halogenated alkanes) is 6. The number of aromatic nitrogens is 3. The Bertz CT molecular complexity index is 2870. The first kappa shape index (κ1) is 58.1. The van der Waals surface area contributed by atoms with Gasteiger partial charge in [-0.25, -0.2) is 19.3 Å². The van der Waals surface area contributed by atoms with Crippen molar-refractivity contribution >= 4 is 80.6 Å². The largest absolute Gasteiger partial charge is 0.494 e. The van der Waals surface area contributed by atoms with E-state index in [9.17, 15) is 33.5 Å². The summed E-state index contributed by atoms with van der Waals surface area (Å²) in [5, 5.41) is 26.3. The fourth-order valence-corrected chi connectivity index (χ4v) is 10.7. The number of methoxy groups -OCH3 is 1. The fraction of sp³-hybridized carbons (Fsp3) is 0.474. The highest BCUT2D eigenvalue weighted by atomic mass is 35.5. The molecule has 4 heterocycles. The van der Waals surface area contributed by atoms with Gasteiger partial charge in [0.25, 0.3) is 0 Å². The highest BCUT2D eigenvalue weighted by molar-refractivity contribution is 7.13. The lowest BCUT2D eigenvalue weighted by atomic mass is 9.85. The molecule has 2 aliphatic rings. The zero-order valence-corrected chi connectivity index (χ0v) is 46.2. The van der Waals surface area contributed by atoms with Gasteiger partial charge in [0.05, 0.1) is 45.5 Å². The Kier molecular flexibility index (Phi) is 20.9. The van der Waals surface area contributed by atoms with Gasteiger partial charge in [0.15, 0.2) is 0 Å². The summed E-state index contributed by atoms with van der Waals surface area (Å²) in [6, 6.07) is 14.0. The number of hydrogen-bond donors (Lipinski definition) is 6. The van der Waals surface area contributed by atoms with E-state index in [0.29, 0.717) is 53.2 Å². The highest BCUT2D eigenvalue weighted by Crippen LogP contribution is 2.34. The standard InChI is InChI=1S/C57H72ClFN10O7S/c1-36-52(77-35-63-36)38-19-17-37(18-20-38)32-60-55(74)47-29-41(70)33-69(47)56(75)53(57(2,3)4)67-51(73)15-12-10-8-6-7-9-11-14-49(71)64-39-23-26-68(27-24-39)25-13-16-50(72)66-46-30-42-45(31-48(46)76-5)61-34-62-54(42)65-40-21-22-44(59)43(58)28-40/h13,16-22,28,30-31,34-35,39,41,47,53,70H,6-12,14-15,23-27,29,32-33H2,1-5H3,(H,60,74)(H,64,71)(H,66,72)(H,67,73)(H,61,62,65)/b16-13+/t41-,47+,53?/m1/s1. The number of anilines is 3. The molecule has 0 aliphatic carbocycles. The summed E-state index contributed by atoms with van der Waals surface area (Å²) in [4.78, 5) is 84.3. The minimum absolute atomic E-state index is 0.0175. The molecule has 2 fully saturated rings. The fourth-order valence-electron chi connectivity index (χ4n) is 9.67. The van der Waals surface area contributed by atoms with Crippen molar-refractivity contribution in [3.63, 3.8) is 0 Å². The van der Waals surface area contributed by atoms with Crippen LogP contribution in [0.25, 0.3) is 21.3 Å². The van der Waals surface area contributed by atoms with E-state index < -0.39 is 29.4 Å². The van der Waals surface area contributed by atoms with Gasteiger partial charge in [-0.1, -0.05) is 94.8 Å². The lowest BCUT2D eigenvalue weighted by molar-refractivity contribution is -0.144.